The van der Waals surface area contributed by atoms with Crippen molar-refractivity contribution in [1.82, 2.24) is 5.32 Å². The van der Waals surface area contributed by atoms with E-state index in [9.17, 15) is 4.79 Å². The van der Waals surface area contributed by atoms with Gasteiger partial charge in [0.25, 0.3) is 0 Å². The molecule has 18 heavy (non-hydrogen) atoms. The van der Waals surface area contributed by atoms with Gasteiger partial charge < -0.3 is 10.4 Å². The number of carbonyl (C=O) groups excluding carboxylic acids is 1. The highest BCUT2D eigenvalue weighted by Gasteiger charge is 2.02. The Kier molecular flexibility index (Phi) is 7.16. The van der Waals surface area contributed by atoms with E-state index in [0.29, 0.717) is 13.0 Å². The summed E-state index contributed by atoms with van der Waals surface area (Å²) in [7, 11) is 0. The first-order chi connectivity index (χ1) is 8.76. The number of amides is 1. The zero-order valence-electron chi connectivity index (χ0n) is 10.7. The van der Waals surface area contributed by atoms with E-state index in [1.807, 2.05) is 11.4 Å². The molecule has 4 heteroatoms. The van der Waals surface area contributed by atoms with E-state index >= 15 is 0 Å². The number of aliphatic hydroxyl groups is 1. The Balaban J connectivity index is 2.30. The third-order valence-corrected chi connectivity index (χ3v) is 3.37. The number of unbranched alkanes of at least 4 members (excludes halogenated alkanes) is 2. The first-order valence-corrected chi connectivity index (χ1v) is 7.08. The average Bonchev–Trinajstić information content (AvgIpc) is 2.82. The number of thiophene rings is 1. The molecule has 3 nitrogen and oxygen atoms in total. The molecular weight excluding hydrogens is 246 g/mol. The summed E-state index contributed by atoms with van der Waals surface area (Å²) in [4.78, 5) is 12.6. The SMILES string of the molecule is CCCCCC(=O)NCc1cc(C#CCO)cs1. The Hall–Kier alpha value is -1.31. The van der Waals surface area contributed by atoms with E-state index in [-0.39, 0.29) is 12.5 Å². The molecule has 2 N–H and O–H groups in total. The number of aliphatic hydroxyl groups excluding tert-OH is 1. The molecule has 0 bridgehead atoms. The van der Waals surface area contributed by atoms with E-state index in [0.717, 1.165) is 29.7 Å². The Morgan fingerprint density at radius 2 is 2.33 bits per heavy atom. The molecule has 0 aliphatic carbocycles. The quantitative estimate of drug-likeness (QED) is 0.612. The third-order valence-electron chi connectivity index (χ3n) is 2.43. The van der Waals surface area contributed by atoms with Gasteiger partial charge in [-0.1, -0.05) is 31.6 Å². The lowest BCUT2D eigenvalue weighted by molar-refractivity contribution is -0.121. The van der Waals surface area contributed by atoms with Crippen molar-refractivity contribution >= 4 is 17.2 Å². The molecule has 0 spiro atoms. The maximum Gasteiger partial charge on any atom is 0.220 e. The molecule has 1 heterocycles. The molecule has 0 fully saturated rings. The largest absolute Gasteiger partial charge is 0.384 e. The van der Waals surface area contributed by atoms with Crippen LogP contribution in [-0.2, 0) is 11.3 Å². The number of carbonyl (C=O) groups is 1. The van der Waals surface area contributed by atoms with Gasteiger partial charge in [0.1, 0.15) is 6.61 Å². The molecule has 1 rings (SSSR count). The van der Waals surface area contributed by atoms with Crippen molar-refractivity contribution in [3.63, 3.8) is 0 Å². The van der Waals surface area contributed by atoms with Crippen LogP contribution in [0.5, 0.6) is 0 Å². The molecule has 0 atom stereocenters. The number of hydrogen-bond acceptors (Lipinski definition) is 3. The summed E-state index contributed by atoms with van der Waals surface area (Å²) in [6, 6.07) is 1.94. The molecule has 1 amide bonds. The van der Waals surface area contributed by atoms with Gasteiger partial charge in [-0.2, -0.15) is 0 Å². The van der Waals surface area contributed by atoms with Crippen LogP contribution in [0, 0.1) is 11.8 Å². The smallest absolute Gasteiger partial charge is 0.220 e. The van der Waals surface area contributed by atoms with E-state index in [2.05, 4.69) is 24.1 Å². The predicted molar refractivity (Wildman–Crippen MR) is 74.3 cm³/mol. The van der Waals surface area contributed by atoms with Crippen LogP contribution in [0.4, 0.5) is 0 Å². The van der Waals surface area contributed by atoms with Crippen LogP contribution in [0.15, 0.2) is 11.4 Å². The van der Waals surface area contributed by atoms with E-state index in [1.165, 1.54) is 0 Å². The molecular formula is C14H19NO2S. The van der Waals surface area contributed by atoms with Crippen molar-refractivity contribution in [3.8, 4) is 11.8 Å². The maximum absolute atomic E-state index is 11.5. The van der Waals surface area contributed by atoms with Crippen molar-refractivity contribution < 1.29 is 9.90 Å². The minimum Gasteiger partial charge on any atom is -0.384 e. The number of rotatable bonds is 6. The van der Waals surface area contributed by atoms with Crippen LogP contribution in [-0.4, -0.2) is 17.6 Å². The van der Waals surface area contributed by atoms with Gasteiger partial charge in [-0.3, -0.25) is 4.79 Å². The predicted octanol–water partition coefficient (Wildman–Crippen LogP) is 2.29. The second kappa shape index (κ2) is 8.73. The van der Waals surface area contributed by atoms with Gasteiger partial charge in [0.2, 0.25) is 5.91 Å². The fourth-order valence-corrected chi connectivity index (χ4v) is 2.25. The third kappa shape index (κ3) is 5.85. The van der Waals surface area contributed by atoms with E-state index < -0.39 is 0 Å². The van der Waals surface area contributed by atoms with Crippen LogP contribution in [0.2, 0.25) is 0 Å². The lowest BCUT2D eigenvalue weighted by Crippen LogP contribution is -2.21. The van der Waals surface area contributed by atoms with Crippen molar-refractivity contribution in [2.45, 2.75) is 39.2 Å². The minimum atomic E-state index is -0.126. The normalized spacial score (nSPS) is 9.67. The van der Waals surface area contributed by atoms with Crippen LogP contribution >= 0.6 is 11.3 Å². The summed E-state index contributed by atoms with van der Waals surface area (Å²) in [5.41, 5.74) is 0.893. The minimum absolute atomic E-state index is 0.111. The average molecular weight is 265 g/mol. The first kappa shape index (κ1) is 14.7. The molecule has 0 unspecified atom stereocenters. The monoisotopic (exact) mass is 265 g/mol. The molecule has 0 aromatic carbocycles. The van der Waals surface area contributed by atoms with Crippen molar-refractivity contribution in [2.75, 3.05) is 6.61 Å². The number of nitrogens with one attached hydrogen (secondary N) is 1. The molecule has 0 aliphatic rings. The van der Waals surface area contributed by atoms with Gasteiger partial charge in [-0.15, -0.1) is 11.3 Å². The van der Waals surface area contributed by atoms with Gasteiger partial charge in [0.05, 0.1) is 6.54 Å². The molecule has 0 radical (unpaired) electrons. The van der Waals surface area contributed by atoms with Gasteiger partial charge in [-0.05, 0) is 12.5 Å². The molecule has 0 aliphatic heterocycles. The summed E-state index contributed by atoms with van der Waals surface area (Å²) in [6.07, 6.45) is 3.80. The van der Waals surface area contributed by atoms with Crippen LogP contribution in [0.25, 0.3) is 0 Å². The summed E-state index contributed by atoms with van der Waals surface area (Å²) >= 11 is 1.57. The van der Waals surface area contributed by atoms with Crippen molar-refractivity contribution in [2.24, 2.45) is 0 Å². The summed E-state index contributed by atoms with van der Waals surface area (Å²) in [6.45, 7) is 2.56. The Labute approximate surface area is 112 Å². The van der Waals surface area contributed by atoms with Gasteiger partial charge >= 0.3 is 0 Å². The van der Waals surface area contributed by atoms with Gasteiger partial charge in [-0.25, -0.2) is 0 Å². The topological polar surface area (TPSA) is 49.3 Å². The standard InChI is InChI=1S/C14H19NO2S/c1-2-3-4-7-14(17)15-10-13-9-12(11-18-13)6-5-8-16/h9,11,16H,2-4,7-8,10H2,1H3,(H,15,17). The highest BCUT2D eigenvalue weighted by atomic mass is 32.1. The maximum atomic E-state index is 11.5. The molecule has 98 valence electrons. The Morgan fingerprint density at radius 1 is 1.50 bits per heavy atom. The lowest BCUT2D eigenvalue weighted by Gasteiger charge is -2.02. The lowest BCUT2D eigenvalue weighted by atomic mass is 10.2. The van der Waals surface area contributed by atoms with Crippen molar-refractivity contribution in [1.29, 1.82) is 0 Å². The van der Waals surface area contributed by atoms with Gasteiger partial charge in [0.15, 0.2) is 0 Å². The molecule has 1 aromatic heterocycles. The zero-order valence-corrected chi connectivity index (χ0v) is 11.5. The Morgan fingerprint density at radius 3 is 3.06 bits per heavy atom. The summed E-state index contributed by atoms with van der Waals surface area (Å²) in [5.74, 6) is 5.55. The second-order valence-corrected chi connectivity index (χ2v) is 4.99. The van der Waals surface area contributed by atoms with Gasteiger partial charge in [0, 0.05) is 22.2 Å². The van der Waals surface area contributed by atoms with Crippen LogP contribution in [0.3, 0.4) is 0 Å². The second-order valence-electron chi connectivity index (χ2n) is 4.00. The molecule has 0 saturated carbocycles. The number of hydrogen-bond donors (Lipinski definition) is 2. The molecule has 0 saturated heterocycles. The van der Waals surface area contributed by atoms with E-state index in [4.69, 9.17) is 5.11 Å². The fourth-order valence-electron chi connectivity index (χ4n) is 1.49. The van der Waals surface area contributed by atoms with Crippen LogP contribution in [0.1, 0.15) is 43.0 Å². The fraction of sp³-hybridized carbons (Fsp3) is 0.500. The van der Waals surface area contributed by atoms with Crippen LogP contribution < -0.4 is 5.32 Å². The summed E-state index contributed by atoms with van der Waals surface area (Å²) in [5, 5.41) is 13.4. The first-order valence-electron chi connectivity index (χ1n) is 6.20. The Bertz CT molecular complexity index is 428. The highest BCUT2D eigenvalue weighted by molar-refractivity contribution is 7.10. The van der Waals surface area contributed by atoms with Crippen molar-refractivity contribution in [3.05, 3.63) is 21.9 Å². The zero-order chi connectivity index (χ0) is 13.2. The van der Waals surface area contributed by atoms with E-state index in [1.54, 1.807) is 11.3 Å². The summed E-state index contributed by atoms with van der Waals surface area (Å²) < 4.78 is 0. The molecule has 1 aromatic rings. The highest BCUT2D eigenvalue weighted by Crippen LogP contribution is 2.13.